The van der Waals surface area contributed by atoms with Gasteiger partial charge in [0.1, 0.15) is 0 Å². The Kier molecular flexibility index (Phi) is 6.06. The smallest absolute Gasteiger partial charge is 0.417 e. The lowest BCUT2D eigenvalue weighted by molar-refractivity contribution is -0.137. The average Bonchev–Trinajstić information content (AvgIpc) is 2.62. The molecule has 0 heterocycles. The van der Waals surface area contributed by atoms with Crippen LogP contribution in [0.3, 0.4) is 0 Å². The third-order valence-electron chi connectivity index (χ3n) is 3.32. The molecule has 0 aliphatic carbocycles. The van der Waals surface area contributed by atoms with Crippen molar-refractivity contribution in [3.63, 3.8) is 0 Å². The largest absolute Gasteiger partial charge is 0.465 e. The summed E-state index contributed by atoms with van der Waals surface area (Å²) in [5.41, 5.74) is -1.41. The van der Waals surface area contributed by atoms with E-state index >= 15 is 0 Å². The van der Waals surface area contributed by atoms with Gasteiger partial charge < -0.3 is 15.4 Å². The van der Waals surface area contributed by atoms with Crippen molar-refractivity contribution in [1.29, 1.82) is 0 Å². The molecule has 2 aromatic carbocycles. The fourth-order valence-corrected chi connectivity index (χ4v) is 2.29. The van der Waals surface area contributed by atoms with Crippen LogP contribution in [0.1, 0.15) is 15.9 Å². The zero-order valence-electron chi connectivity index (χ0n) is 13.7. The Morgan fingerprint density at radius 2 is 1.63 bits per heavy atom. The zero-order valence-corrected chi connectivity index (χ0v) is 14.4. The number of hydrogen-bond donors (Lipinski definition) is 2. The number of carbonyl (C=O) groups excluding carboxylic acids is 3. The molecule has 0 radical (unpaired) electrons. The quantitative estimate of drug-likeness (QED) is 0.607. The van der Waals surface area contributed by atoms with Gasteiger partial charge >= 0.3 is 24.0 Å². The van der Waals surface area contributed by atoms with E-state index in [0.29, 0.717) is 6.07 Å². The summed E-state index contributed by atoms with van der Waals surface area (Å²) in [5.74, 6) is -3.15. The molecule has 2 aromatic rings. The number of rotatable bonds is 3. The second-order valence-electron chi connectivity index (χ2n) is 5.14. The second kappa shape index (κ2) is 8.09. The Morgan fingerprint density at radius 1 is 1.00 bits per heavy atom. The molecule has 0 bridgehead atoms. The molecule has 0 unspecified atom stereocenters. The predicted octanol–water partition coefficient (Wildman–Crippen LogP) is 3.72. The summed E-state index contributed by atoms with van der Waals surface area (Å²) >= 11 is 5.49. The fraction of sp³-hybridized carbons (Fsp3) is 0.118. The van der Waals surface area contributed by atoms with Crippen LogP contribution in [0.4, 0.5) is 24.5 Å². The number of para-hydroxylation sites is 1. The highest BCUT2D eigenvalue weighted by Gasteiger charge is 2.33. The Morgan fingerprint density at radius 3 is 2.26 bits per heavy atom. The first kappa shape index (κ1) is 20.2. The molecule has 6 nitrogen and oxygen atoms in total. The van der Waals surface area contributed by atoms with Gasteiger partial charge in [0.05, 0.1) is 28.9 Å². The Balaban J connectivity index is 2.16. The van der Waals surface area contributed by atoms with Crippen LogP contribution in [-0.2, 0) is 20.5 Å². The highest BCUT2D eigenvalue weighted by Crippen LogP contribution is 2.36. The minimum Gasteiger partial charge on any atom is -0.465 e. The Hall–Kier alpha value is -3.07. The van der Waals surface area contributed by atoms with Crippen LogP contribution in [0.25, 0.3) is 0 Å². The molecule has 2 rings (SSSR count). The molecule has 0 aliphatic rings. The number of halogens is 4. The number of hydrogen-bond acceptors (Lipinski definition) is 4. The Labute approximate surface area is 156 Å². The maximum absolute atomic E-state index is 12.8. The van der Waals surface area contributed by atoms with Crippen molar-refractivity contribution in [2.45, 2.75) is 6.18 Å². The number of nitrogens with one attached hydrogen (secondary N) is 2. The van der Waals surface area contributed by atoms with E-state index in [9.17, 15) is 27.6 Å². The van der Waals surface area contributed by atoms with Crippen LogP contribution in [0.5, 0.6) is 0 Å². The monoisotopic (exact) mass is 400 g/mol. The number of alkyl halides is 3. The molecule has 0 atom stereocenters. The first-order valence-corrected chi connectivity index (χ1v) is 7.67. The van der Waals surface area contributed by atoms with Gasteiger partial charge in [-0.15, -0.1) is 0 Å². The van der Waals surface area contributed by atoms with Crippen LogP contribution in [0.2, 0.25) is 5.02 Å². The van der Waals surface area contributed by atoms with Gasteiger partial charge in [0.15, 0.2) is 0 Å². The number of benzene rings is 2. The van der Waals surface area contributed by atoms with Crippen molar-refractivity contribution in [3.8, 4) is 0 Å². The van der Waals surface area contributed by atoms with Gasteiger partial charge in [-0.3, -0.25) is 9.59 Å². The van der Waals surface area contributed by atoms with Crippen molar-refractivity contribution in [1.82, 2.24) is 0 Å². The first-order valence-electron chi connectivity index (χ1n) is 7.30. The standard InChI is InChI=1S/C17H12ClF3N2O4/c1-27-16(26)10-4-2-3-5-13(10)23-15(25)14(24)22-9-6-7-12(18)11(8-9)17(19,20)21/h2-8H,1H3,(H,22,24)(H,23,25). The molecule has 0 aromatic heterocycles. The summed E-state index contributed by atoms with van der Waals surface area (Å²) < 4.78 is 43.1. The van der Waals surface area contributed by atoms with E-state index in [0.717, 1.165) is 19.2 Å². The molecular formula is C17H12ClF3N2O4. The van der Waals surface area contributed by atoms with Gasteiger partial charge in [0.2, 0.25) is 0 Å². The minimum atomic E-state index is -4.72. The molecule has 27 heavy (non-hydrogen) atoms. The maximum atomic E-state index is 12.8. The van der Waals surface area contributed by atoms with Crippen LogP contribution >= 0.6 is 11.6 Å². The minimum absolute atomic E-state index is 0.00648. The molecule has 0 saturated heterocycles. The number of carbonyl (C=O) groups is 3. The van der Waals surface area contributed by atoms with E-state index in [-0.39, 0.29) is 16.9 Å². The summed E-state index contributed by atoms with van der Waals surface area (Å²) in [6.07, 6.45) is -4.72. The van der Waals surface area contributed by atoms with Crippen molar-refractivity contribution in [2.75, 3.05) is 17.7 Å². The molecule has 142 valence electrons. The summed E-state index contributed by atoms with van der Waals surface area (Å²) in [6.45, 7) is 0. The van der Waals surface area contributed by atoms with E-state index in [2.05, 4.69) is 10.1 Å². The highest BCUT2D eigenvalue weighted by molar-refractivity contribution is 6.44. The van der Waals surface area contributed by atoms with Gasteiger partial charge in [0, 0.05) is 5.69 Å². The molecule has 0 spiro atoms. The van der Waals surface area contributed by atoms with Crippen LogP contribution < -0.4 is 10.6 Å². The summed E-state index contributed by atoms with van der Waals surface area (Å²) in [4.78, 5) is 35.6. The van der Waals surface area contributed by atoms with Gasteiger partial charge in [-0.2, -0.15) is 13.2 Å². The summed E-state index contributed by atoms with van der Waals surface area (Å²) in [5, 5.41) is 3.70. The van der Waals surface area contributed by atoms with Crippen molar-refractivity contribution in [3.05, 3.63) is 58.6 Å². The van der Waals surface area contributed by atoms with Gasteiger partial charge in [-0.05, 0) is 30.3 Å². The van der Waals surface area contributed by atoms with E-state index in [1.165, 1.54) is 24.3 Å². The van der Waals surface area contributed by atoms with Crippen molar-refractivity contribution in [2.24, 2.45) is 0 Å². The maximum Gasteiger partial charge on any atom is 0.417 e. The fourth-order valence-electron chi connectivity index (χ4n) is 2.07. The SMILES string of the molecule is COC(=O)c1ccccc1NC(=O)C(=O)Nc1ccc(Cl)c(C(F)(F)F)c1. The molecule has 2 N–H and O–H groups in total. The lowest BCUT2D eigenvalue weighted by atomic mass is 10.1. The predicted molar refractivity (Wildman–Crippen MR) is 91.5 cm³/mol. The molecule has 0 fully saturated rings. The topological polar surface area (TPSA) is 84.5 Å². The van der Waals surface area contributed by atoms with Crippen LogP contribution in [0.15, 0.2) is 42.5 Å². The summed E-state index contributed by atoms with van der Waals surface area (Å²) in [6, 6.07) is 8.43. The van der Waals surface area contributed by atoms with Crippen LogP contribution in [0, 0.1) is 0 Å². The lowest BCUT2D eigenvalue weighted by Crippen LogP contribution is -2.29. The van der Waals surface area contributed by atoms with E-state index in [1.54, 1.807) is 0 Å². The molecule has 2 amide bonds. The van der Waals surface area contributed by atoms with Gasteiger partial charge in [-0.1, -0.05) is 23.7 Å². The Bertz CT molecular complexity index is 900. The van der Waals surface area contributed by atoms with Crippen molar-refractivity contribution < 1.29 is 32.3 Å². The number of anilines is 2. The molecular weight excluding hydrogens is 389 g/mol. The lowest BCUT2D eigenvalue weighted by Gasteiger charge is -2.12. The van der Waals surface area contributed by atoms with Crippen LogP contribution in [-0.4, -0.2) is 24.9 Å². The number of amides is 2. The first-order chi connectivity index (χ1) is 12.6. The van der Waals surface area contributed by atoms with Gasteiger partial charge in [0.25, 0.3) is 0 Å². The molecule has 10 heteroatoms. The molecule has 0 saturated carbocycles. The zero-order chi connectivity index (χ0) is 20.2. The normalized spacial score (nSPS) is 10.9. The third-order valence-corrected chi connectivity index (χ3v) is 3.65. The van der Waals surface area contributed by atoms with Gasteiger partial charge in [-0.25, -0.2) is 4.79 Å². The highest BCUT2D eigenvalue weighted by atomic mass is 35.5. The number of ether oxygens (including phenoxy) is 1. The van der Waals surface area contributed by atoms with E-state index in [4.69, 9.17) is 11.6 Å². The number of esters is 1. The van der Waals surface area contributed by atoms with E-state index in [1.807, 2.05) is 5.32 Å². The summed E-state index contributed by atoms with van der Waals surface area (Å²) in [7, 11) is 1.15. The second-order valence-corrected chi connectivity index (χ2v) is 5.54. The third kappa shape index (κ3) is 4.98. The van der Waals surface area contributed by atoms with Crippen molar-refractivity contribution >= 4 is 40.8 Å². The number of methoxy groups -OCH3 is 1. The molecule has 0 aliphatic heterocycles. The van der Waals surface area contributed by atoms with E-state index < -0.39 is 34.5 Å². The average molecular weight is 401 g/mol.